The molecule has 0 saturated carbocycles. The van der Waals surface area contributed by atoms with Crippen molar-refractivity contribution in [2.75, 3.05) is 0 Å². The Balaban J connectivity index is 1.91. The van der Waals surface area contributed by atoms with Crippen LogP contribution in [-0.4, -0.2) is 5.11 Å². The van der Waals surface area contributed by atoms with Gasteiger partial charge in [0.2, 0.25) is 0 Å². The number of aliphatic hydroxyl groups excluding tert-OH is 1. The first kappa shape index (κ1) is 10.9. The van der Waals surface area contributed by atoms with E-state index in [0.717, 1.165) is 22.6 Å². The summed E-state index contributed by atoms with van der Waals surface area (Å²) >= 11 is 0. The molecule has 0 atom stereocenters. The monoisotopic (exact) mass is 240 g/mol. The van der Waals surface area contributed by atoms with E-state index in [1.165, 1.54) is 0 Å². The molecule has 0 unspecified atom stereocenters. The highest BCUT2D eigenvalue weighted by atomic mass is 16.4. The fourth-order valence-corrected chi connectivity index (χ4v) is 1.86. The first-order valence-electron chi connectivity index (χ1n) is 5.71. The first-order valence-corrected chi connectivity index (χ1v) is 5.71. The van der Waals surface area contributed by atoms with Crippen molar-refractivity contribution < 1.29 is 13.9 Å². The molecule has 3 nitrogen and oxygen atoms in total. The lowest BCUT2D eigenvalue weighted by atomic mass is 10.1. The third-order valence-electron chi connectivity index (χ3n) is 2.79. The molecule has 90 valence electrons. The van der Waals surface area contributed by atoms with Crippen molar-refractivity contribution in [1.82, 2.24) is 0 Å². The van der Waals surface area contributed by atoms with E-state index in [0.29, 0.717) is 5.76 Å². The van der Waals surface area contributed by atoms with Crippen LogP contribution in [0.4, 0.5) is 0 Å². The number of hydrogen-bond donors (Lipinski definition) is 1. The molecule has 3 rings (SSSR count). The molecule has 18 heavy (non-hydrogen) atoms. The Hall–Kier alpha value is -2.26. The van der Waals surface area contributed by atoms with E-state index >= 15 is 0 Å². The van der Waals surface area contributed by atoms with Crippen LogP contribution in [0.25, 0.3) is 22.6 Å². The zero-order valence-electron chi connectivity index (χ0n) is 9.67. The normalized spacial score (nSPS) is 10.7. The zero-order valence-corrected chi connectivity index (χ0v) is 9.67. The SMILES string of the molecule is OCc1ccc(-c2ccc(-c3ccco3)cc2)o1. The van der Waals surface area contributed by atoms with E-state index in [4.69, 9.17) is 13.9 Å². The Labute approximate surface area is 104 Å². The summed E-state index contributed by atoms with van der Waals surface area (Å²) in [5.41, 5.74) is 2.00. The Morgan fingerprint density at radius 2 is 1.56 bits per heavy atom. The molecule has 2 heterocycles. The molecule has 0 bridgehead atoms. The molecule has 0 aliphatic heterocycles. The van der Waals surface area contributed by atoms with Crippen LogP contribution in [0.1, 0.15) is 5.76 Å². The second kappa shape index (κ2) is 4.55. The minimum atomic E-state index is -0.0789. The van der Waals surface area contributed by atoms with Gasteiger partial charge in [0, 0.05) is 11.1 Å². The lowest BCUT2D eigenvalue weighted by Gasteiger charge is -1.99. The highest BCUT2D eigenvalue weighted by Crippen LogP contribution is 2.26. The molecule has 3 aromatic rings. The summed E-state index contributed by atoms with van der Waals surface area (Å²) in [6, 6.07) is 15.3. The van der Waals surface area contributed by atoms with E-state index in [1.807, 2.05) is 42.5 Å². The molecule has 1 N–H and O–H groups in total. The topological polar surface area (TPSA) is 46.5 Å². The Morgan fingerprint density at radius 1 is 0.833 bits per heavy atom. The molecule has 0 spiro atoms. The third-order valence-corrected chi connectivity index (χ3v) is 2.79. The van der Waals surface area contributed by atoms with Crippen LogP contribution >= 0.6 is 0 Å². The molecule has 0 fully saturated rings. The van der Waals surface area contributed by atoms with Crippen LogP contribution in [0, 0.1) is 0 Å². The van der Waals surface area contributed by atoms with E-state index in [-0.39, 0.29) is 6.61 Å². The minimum Gasteiger partial charge on any atom is -0.464 e. The molecule has 0 amide bonds. The van der Waals surface area contributed by atoms with Crippen molar-refractivity contribution in [1.29, 1.82) is 0 Å². The number of hydrogen-bond acceptors (Lipinski definition) is 3. The third kappa shape index (κ3) is 1.96. The zero-order chi connectivity index (χ0) is 12.4. The maximum atomic E-state index is 8.96. The quantitative estimate of drug-likeness (QED) is 0.759. The van der Waals surface area contributed by atoms with Gasteiger partial charge < -0.3 is 13.9 Å². The van der Waals surface area contributed by atoms with E-state index in [9.17, 15) is 0 Å². The van der Waals surface area contributed by atoms with Gasteiger partial charge in [-0.3, -0.25) is 0 Å². The highest BCUT2D eigenvalue weighted by Gasteiger charge is 2.05. The van der Waals surface area contributed by atoms with Gasteiger partial charge in [-0.1, -0.05) is 24.3 Å². The Bertz CT molecular complexity index is 618. The summed E-state index contributed by atoms with van der Waals surface area (Å²) < 4.78 is 10.8. The molecule has 0 aliphatic rings. The molecular formula is C15H12O3. The summed E-state index contributed by atoms with van der Waals surface area (Å²) in [5, 5.41) is 8.96. The summed E-state index contributed by atoms with van der Waals surface area (Å²) in [4.78, 5) is 0. The van der Waals surface area contributed by atoms with Gasteiger partial charge in [0.1, 0.15) is 23.9 Å². The number of aliphatic hydroxyl groups is 1. The smallest absolute Gasteiger partial charge is 0.134 e. The van der Waals surface area contributed by atoms with Crippen molar-refractivity contribution in [3.63, 3.8) is 0 Å². The molecule has 1 aromatic carbocycles. The molecular weight excluding hydrogens is 228 g/mol. The van der Waals surface area contributed by atoms with Crippen LogP contribution < -0.4 is 0 Å². The van der Waals surface area contributed by atoms with E-state index in [1.54, 1.807) is 12.3 Å². The van der Waals surface area contributed by atoms with Gasteiger partial charge in [0.05, 0.1) is 6.26 Å². The second-order valence-corrected chi connectivity index (χ2v) is 3.98. The van der Waals surface area contributed by atoms with Crippen LogP contribution in [0.15, 0.2) is 63.6 Å². The van der Waals surface area contributed by atoms with Gasteiger partial charge in [0.25, 0.3) is 0 Å². The van der Waals surface area contributed by atoms with Gasteiger partial charge in [-0.15, -0.1) is 0 Å². The molecule has 3 heteroatoms. The number of rotatable bonds is 3. The fraction of sp³-hybridized carbons (Fsp3) is 0.0667. The van der Waals surface area contributed by atoms with Gasteiger partial charge in [0.15, 0.2) is 0 Å². The van der Waals surface area contributed by atoms with Crippen LogP contribution in [0.3, 0.4) is 0 Å². The highest BCUT2D eigenvalue weighted by molar-refractivity contribution is 5.65. The average Bonchev–Trinajstić information content (AvgIpc) is 3.10. The fourth-order valence-electron chi connectivity index (χ4n) is 1.86. The van der Waals surface area contributed by atoms with Crippen molar-refractivity contribution in [2.45, 2.75) is 6.61 Å². The minimum absolute atomic E-state index is 0.0789. The summed E-state index contributed by atoms with van der Waals surface area (Å²) in [6.45, 7) is -0.0789. The van der Waals surface area contributed by atoms with Gasteiger partial charge >= 0.3 is 0 Å². The average molecular weight is 240 g/mol. The molecule has 0 saturated heterocycles. The van der Waals surface area contributed by atoms with Crippen molar-refractivity contribution in [3.8, 4) is 22.6 Å². The lowest BCUT2D eigenvalue weighted by Crippen LogP contribution is -1.77. The van der Waals surface area contributed by atoms with Crippen LogP contribution in [-0.2, 0) is 6.61 Å². The Kier molecular flexibility index (Phi) is 2.74. The van der Waals surface area contributed by atoms with Crippen molar-refractivity contribution in [2.24, 2.45) is 0 Å². The van der Waals surface area contributed by atoms with Gasteiger partial charge in [-0.2, -0.15) is 0 Å². The van der Waals surface area contributed by atoms with Crippen LogP contribution in [0.2, 0.25) is 0 Å². The van der Waals surface area contributed by atoms with Crippen molar-refractivity contribution >= 4 is 0 Å². The van der Waals surface area contributed by atoms with E-state index < -0.39 is 0 Å². The lowest BCUT2D eigenvalue weighted by molar-refractivity contribution is 0.248. The first-order chi connectivity index (χ1) is 8.86. The summed E-state index contributed by atoms with van der Waals surface area (Å²) in [6.07, 6.45) is 1.66. The predicted molar refractivity (Wildman–Crippen MR) is 67.8 cm³/mol. The van der Waals surface area contributed by atoms with E-state index in [2.05, 4.69) is 0 Å². The van der Waals surface area contributed by atoms with Crippen LogP contribution in [0.5, 0.6) is 0 Å². The predicted octanol–water partition coefficient (Wildman–Crippen LogP) is 3.70. The summed E-state index contributed by atoms with van der Waals surface area (Å²) in [7, 11) is 0. The summed E-state index contributed by atoms with van der Waals surface area (Å²) in [5.74, 6) is 2.17. The largest absolute Gasteiger partial charge is 0.464 e. The van der Waals surface area contributed by atoms with Crippen molar-refractivity contribution in [3.05, 3.63) is 60.6 Å². The molecule has 0 radical (unpaired) electrons. The molecule has 2 aromatic heterocycles. The molecule has 0 aliphatic carbocycles. The van der Waals surface area contributed by atoms with Gasteiger partial charge in [-0.05, 0) is 24.3 Å². The maximum Gasteiger partial charge on any atom is 0.134 e. The van der Waals surface area contributed by atoms with Gasteiger partial charge in [-0.25, -0.2) is 0 Å². The maximum absolute atomic E-state index is 8.96. The number of benzene rings is 1. The Morgan fingerprint density at radius 3 is 2.11 bits per heavy atom. The number of furan rings is 2. The second-order valence-electron chi connectivity index (χ2n) is 3.98. The standard InChI is InChI=1S/C15H12O3/c16-10-13-7-8-15(18-13)12-5-3-11(4-6-12)14-2-1-9-17-14/h1-9,16H,10H2.